The molecule has 0 aromatic heterocycles. The Hall–Kier alpha value is -2.07. The molecular weight excluding hydrogens is 338 g/mol. The molecular formula is C23H31NO3. The van der Waals surface area contributed by atoms with Crippen molar-refractivity contribution in [3.05, 3.63) is 36.4 Å². The molecule has 3 rings (SSSR count). The van der Waals surface area contributed by atoms with Crippen LogP contribution in [0.15, 0.2) is 36.4 Å². The van der Waals surface area contributed by atoms with Gasteiger partial charge < -0.3 is 14.8 Å². The van der Waals surface area contributed by atoms with E-state index in [9.17, 15) is 4.79 Å². The zero-order chi connectivity index (χ0) is 19.4. The van der Waals surface area contributed by atoms with Crippen LogP contribution >= 0.6 is 0 Å². The van der Waals surface area contributed by atoms with Crippen molar-refractivity contribution in [2.24, 2.45) is 5.92 Å². The lowest BCUT2D eigenvalue weighted by molar-refractivity contribution is -0.143. The smallest absolute Gasteiger partial charge is 0.256 e. The first-order valence-corrected chi connectivity index (χ1v) is 10.0. The number of carbonyl (C=O) groups excluding carboxylic acids is 1. The zero-order valence-electron chi connectivity index (χ0n) is 16.9. The molecule has 0 saturated heterocycles. The number of fused-ring (bicyclic) bond motifs is 1. The number of hydrogen-bond acceptors (Lipinski definition) is 3. The average molecular weight is 370 g/mol. The lowest BCUT2D eigenvalue weighted by atomic mass is 9.78. The van der Waals surface area contributed by atoms with Gasteiger partial charge in [-0.25, -0.2) is 0 Å². The summed E-state index contributed by atoms with van der Waals surface area (Å²) in [5, 5.41) is 5.14. The normalized spacial score (nSPS) is 23.8. The fraction of sp³-hybridized carbons (Fsp3) is 0.522. The second kappa shape index (κ2) is 8.30. The highest BCUT2D eigenvalue weighted by molar-refractivity contribution is 6.06. The molecule has 146 valence electrons. The van der Waals surface area contributed by atoms with Crippen LogP contribution < -0.4 is 10.1 Å². The SMILES string of the molecule is CC[C@H](C)Oc1ccc(NC(=O)[C@]2(OC)CCC[C@H](C)C2)c2ccccc12. The van der Waals surface area contributed by atoms with Crippen molar-refractivity contribution in [2.45, 2.75) is 64.6 Å². The molecule has 0 heterocycles. The predicted octanol–water partition coefficient (Wildman–Crippen LogP) is 5.55. The van der Waals surface area contributed by atoms with Crippen LogP contribution in [-0.2, 0) is 9.53 Å². The maximum absolute atomic E-state index is 13.2. The summed E-state index contributed by atoms with van der Waals surface area (Å²) in [4.78, 5) is 13.2. The van der Waals surface area contributed by atoms with Gasteiger partial charge in [0.2, 0.25) is 0 Å². The van der Waals surface area contributed by atoms with Gasteiger partial charge in [0.05, 0.1) is 6.10 Å². The Balaban J connectivity index is 1.91. The van der Waals surface area contributed by atoms with Crippen LogP contribution in [0, 0.1) is 5.92 Å². The van der Waals surface area contributed by atoms with Gasteiger partial charge in [-0.05, 0) is 50.7 Å². The summed E-state index contributed by atoms with van der Waals surface area (Å²) >= 11 is 0. The van der Waals surface area contributed by atoms with Crippen molar-refractivity contribution in [1.29, 1.82) is 0 Å². The molecule has 1 saturated carbocycles. The van der Waals surface area contributed by atoms with Crippen LogP contribution in [-0.4, -0.2) is 24.7 Å². The van der Waals surface area contributed by atoms with E-state index < -0.39 is 5.60 Å². The largest absolute Gasteiger partial charge is 0.490 e. The topological polar surface area (TPSA) is 47.6 Å². The molecule has 1 amide bonds. The third kappa shape index (κ3) is 4.11. The van der Waals surface area contributed by atoms with Crippen molar-refractivity contribution in [2.75, 3.05) is 12.4 Å². The van der Waals surface area contributed by atoms with Crippen LogP contribution in [0.4, 0.5) is 5.69 Å². The molecule has 1 N–H and O–H groups in total. The Labute approximate surface area is 162 Å². The number of methoxy groups -OCH3 is 1. The van der Waals surface area contributed by atoms with E-state index in [-0.39, 0.29) is 12.0 Å². The standard InChI is InChI=1S/C23H31NO3/c1-5-17(3)27-21-13-12-20(18-10-6-7-11-19(18)21)24-22(25)23(26-4)14-8-9-16(2)15-23/h6-7,10-13,16-17H,5,8-9,14-15H2,1-4H3,(H,24,25)/t16-,17-,23-/m0/s1. The molecule has 0 unspecified atom stereocenters. The van der Waals surface area contributed by atoms with Gasteiger partial charge >= 0.3 is 0 Å². The van der Waals surface area contributed by atoms with E-state index in [0.717, 1.165) is 54.3 Å². The molecule has 1 aliphatic rings. The van der Waals surface area contributed by atoms with Gasteiger partial charge in [-0.3, -0.25) is 4.79 Å². The average Bonchev–Trinajstić information content (AvgIpc) is 2.69. The van der Waals surface area contributed by atoms with Crippen LogP contribution in [0.1, 0.15) is 52.9 Å². The molecule has 2 aromatic rings. The zero-order valence-corrected chi connectivity index (χ0v) is 16.9. The minimum Gasteiger partial charge on any atom is -0.490 e. The van der Waals surface area contributed by atoms with E-state index in [1.54, 1.807) is 7.11 Å². The number of amides is 1. The van der Waals surface area contributed by atoms with Gasteiger partial charge in [0.25, 0.3) is 5.91 Å². The molecule has 4 heteroatoms. The molecule has 27 heavy (non-hydrogen) atoms. The minimum atomic E-state index is -0.731. The molecule has 3 atom stereocenters. The number of benzene rings is 2. The molecule has 2 aromatic carbocycles. The van der Waals surface area contributed by atoms with Gasteiger partial charge in [0, 0.05) is 23.6 Å². The summed E-state index contributed by atoms with van der Waals surface area (Å²) in [6, 6.07) is 11.9. The number of hydrogen-bond donors (Lipinski definition) is 1. The Morgan fingerprint density at radius 3 is 2.67 bits per heavy atom. The molecule has 4 nitrogen and oxygen atoms in total. The fourth-order valence-corrected chi connectivity index (χ4v) is 4.01. The highest BCUT2D eigenvalue weighted by Gasteiger charge is 2.42. The van der Waals surface area contributed by atoms with E-state index in [2.05, 4.69) is 26.1 Å². The van der Waals surface area contributed by atoms with Gasteiger partial charge in [0.15, 0.2) is 0 Å². The fourth-order valence-electron chi connectivity index (χ4n) is 4.01. The number of rotatable bonds is 6. The third-order valence-electron chi connectivity index (χ3n) is 5.80. The number of anilines is 1. The van der Waals surface area contributed by atoms with Crippen molar-refractivity contribution in [1.82, 2.24) is 0 Å². The Kier molecular flexibility index (Phi) is 6.05. The molecule has 1 aliphatic carbocycles. The van der Waals surface area contributed by atoms with E-state index >= 15 is 0 Å². The summed E-state index contributed by atoms with van der Waals surface area (Å²) < 4.78 is 11.8. The molecule has 0 bridgehead atoms. The Morgan fingerprint density at radius 2 is 2.00 bits per heavy atom. The number of carbonyl (C=O) groups is 1. The van der Waals surface area contributed by atoms with Gasteiger partial charge in [0.1, 0.15) is 11.4 Å². The second-order valence-electron chi connectivity index (χ2n) is 7.85. The number of nitrogens with one attached hydrogen (secondary N) is 1. The van der Waals surface area contributed by atoms with Crippen molar-refractivity contribution in [3.63, 3.8) is 0 Å². The van der Waals surface area contributed by atoms with Crippen LogP contribution in [0.5, 0.6) is 5.75 Å². The van der Waals surface area contributed by atoms with Crippen molar-refractivity contribution in [3.8, 4) is 5.75 Å². The summed E-state index contributed by atoms with van der Waals surface area (Å²) in [6.07, 6.45) is 4.80. The molecule has 1 fully saturated rings. The molecule has 0 aliphatic heterocycles. The summed E-state index contributed by atoms with van der Waals surface area (Å²) in [5.74, 6) is 1.30. The molecule has 0 spiro atoms. The predicted molar refractivity (Wildman–Crippen MR) is 110 cm³/mol. The maximum Gasteiger partial charge on any atom is 0.256 e. The first-order valence-electron chi connectivity index (χ1n) is 10.0. The second-order valence-corrected chi connectivity index (χ2v) is 7.85. The van der Waals surface area contributed by atoms with Crippen molar-refractivity contribution < 1.29 is 14.3 Å². The highest BCUT2D eigenvalue weighted by atomic mass is 16.5. The molecule has 0 radical (unpaired) electrons. The third-order valence-corrected chi connectivity index (χ3v) is 5.80. The van der Waals surface area contributed by atoms with Gasteiger partial charge in [-0.1, -0.05) is 44.5 Å². The Bertz CT molecular complexity index is 803. The van der Waals surface area contributed by atoms with E-state index in [1.807, 2.05) is 36.4 Å². The van der Waals surface area contributed by atoms with Crippen LogP contribution in [0.2, 0.25) is 0 Å². The van der Waals surface area contributed by atoms with Crippen LogP contribution in [0.25, 0.3) is 10.8 Å². The summed E-state index contributed by atoms with van der Waals surface area (Å²) in [5.41, 5.74) is 0.0757. The summed E-state index contributed by atoms with van der Waals surface area (Å²) in [7, 11) is 1.65. The van der Waals surface area contributed by atoms with Crippen LogP contribution in [0.3, 0.4) is 0 Å². The lowest BCUT2D eigenvalue weighted by Crippen LogP contribution is -2.47. The lowest BCUT2D eigenvalue weighted by Gasteiger charge is -2.37. The first-order chi connectivity index (χ1) is 13.0. The minimum absolute atomic E-state index is 0.0442. The van der Waals surface area contributed by atoms with E-state index in [0.29, 0.717) is 5.92 Å². The monoisotopic (exact) mass is 369 g/mol. The first kappa shape index (κ1) is 19.7. The van der Waals surface area contributed by atoms with Gasteiger partial charge in [-0.15, -0.1) is 0 Å². The maximum atomic E-state index is 13.2. The van der Waals surface area contributed by atoms with E-state index in [4.69, 9.17) is 9.47 Å². The van der Waals surface area contributed by atoms with E-state index in [1.165, 1.54) is 0 Å². The quantitative estimate of drug-likeness (QED) is 0.726. The van der Waals surface area contributed by atoms with Gasteiger partial charge in [-0.2, -0.15) is 0 Å². The number of ether oxygens (including phenoxy) is 2. The highest BCUT2D eigenvalue weighted by Crippen LogP contribution is 2.37. The summed E-state index contributed by atoms with van der Waals surface area (Å²) in [6.45, 7) is 6.37. The van der Waals surface area contributed by atoms with Crippen molar-refractivity contribution >= 4 is 22.4 Å². The Morgan fingerprint density at radius 1 is 1.26 bits per heavy atom.